The van der Waals surface area contributed by atoms with E-state index >= 15 is 0 Å². The normalized spacial score (nSPS) is 11.4. The highest BCUT2D eigenvalue weighted by atomic mass is 16.5. The van der Waals surface area contributed by atoms with Crippen LogP contribution >= 0.6 is 0 Å². The third-order valence-corrected chi connectivity index (χ3v) is 5.79. The molecule has 5 rings (SSSR count). The number of rotatable bonds is 6. The van der Waals surface area contributed by atoms with Crippen LogP contribution < -0.4 is 10.1 Å². The number of ether oxygens (including phenoxy) is 1. The fourth-order valence-corrected chi connectivity index (χ4v) is 4.41. The summed E-state index contributed by atoms with van der Waals surface area (Å²) in [6.07, 6.45) is 3.37. The molecule has 0 saturated heterocycles. The van der Waals surface area contributed by atoms with E-state index in [2.05, 4.69) is 45.8 Å². The number of para-hydroxylation sites is 2. The number of benzene rings is 2. The van der Waals surface area contributed by atoms with Crippen LogP contribution in [-0.2, 0) is 6.54 Å². The van der Waals surface area contributed by atoms with E-state index in [0.29, 0.717) is 18.2 Å². The van der Waals surface area contributed by atoms with Gasteiger partial charge in [-0.1, -0.05) is 36.4 Å². The third-order valence-electron chi connectivity index (χ3n) is 5.79. The van der Waals surface area contributed by atoms with Crippen molar-refractivity contribution >= 4 is 27.8 Å². The van der Waals surface area contributed by atoms with E-state index in [9.17, 15) is 4.79 Å². The van der Waals surface area contributed by atoms with Crippen LogP contribution in [0.3, 0.4) is 0 Å². The van der Waals surface area contributed by atoms with Gasteiger partial charge in [0.05, 0.1) is 23.7 Å². The number of methoxy groups -OCH3 is 1. The number of hydrogen-bond acceptors (Lipinski definition) is 4. The van der Waals surface area contributed by atoms with Crippen LogP contribution in [0.25, 0.3) is 27.9 Å². The maximum absolute atomic E-state index is 13.5. The van der Waals surface area contributed by atoms with Gasteiger partial charge in [0.1, 0.15) is 11.4 Å². The zero-order chi connectivity index (χ0) is 22.9. The quantitative estimate of drug-likeness (QED) is 0.409. The largest absolute Gasteiger partial charge is 0.496 e. The smallest absolute Gasteiger partial charge is 0.268 e. The fraction of sp³-hybridized carbons (Fsp3) is 0.192. The van der Waals surface area contributed by atoms with Gasteiger partial charge in [0.15, 0.2) is 0 Å². The summed E-state index contributed by atoms with van der Waals surface area (Å²) in [4.78, 5) is 22.4. The number of fused-ring (bicyclic) bond motifs is 3. The molecule has 0 bridgehead atoms. The van der Waals surface area contributed by atoms with Crippen molar-refractivity contribution in [3.63, 3.8) is 0 Å². The summed E-state index contributed by atoms with van der Waals surface area (Å²) in [6, 6.07) is 19.8. The van der Waals surface area contributed by atoms with E-state index in [0.717, 1.165) is 33.2 Å². The van der Waals surface area contributed by atoms with E-state index in [1.807, 2.05) is 47.0 Å². The Balaban J connectivity index is 1.67. The standard InChI is InChI=1S/C26H25N5O2/c1-17(2)30-20-11-6-5-10-19(20)24-21(30)15-22(31(24)26-27-13-8-14-28-26)25(32)29-16-18-9-4-7-12-23(18)33-3/h4-15,17H,16H2,1-3H3,(H,29,32). The Labute approximate surface area is 191 Å². The molecule has 0 aliphatic carbocycles. The second-order valence-electron chi connectivity index (χ2n) is 8.12. The number of nitrogens with one attached hydrogen (secondary N) is 1. The Bertz CT molecular complexity index is 1450. The van der Waals surface area contributed by atoms with Crippen LogP contribution in [0.15, 0.2) is 73.1 Å². The first-order valence-corrected chi connectivity index (χ1v) is 10.9. The molecule has 1 amide bonds. The predicted molar refractivity (Wildman–Crippen MR) is 129 cm³/mol. The number of aromatic nitrogens is 4. The third kappa shape index (κ3) is 3.51. The van der Waals surface area contributed by atoms with Gasteiger partial charge in [-0.15, -0.1) is 0 Å². The van der Waals surface area contributed by atoms with Crippen molar-refractivity contribution in [2.75, 3.05) is 7.11 Å². The van der Waals surface area contributed by atoms with Crippen molar-refractivity contribution in [3.8, 4) is 11.7 Å². The van der Waals surface area contributed by atoms with Crippen molar-refractivity contribution in [3.05, 3.63) is 84.3 Å². The molecule has 33 heavy (non-hydrogen) atoms. The van der Waals surface area contributed by atoms with Gasteiger partial charge in [0, 0.05) is 35.9 Å². The average Bonchev–Trinajstić information content (AvgIpc) is 3.38. The number of carbonyl (C=O) groups is 1. The van der Waals surface area contributed by atoms with Gasteiger partial charge in [-0.05, 0) is 38.1 Å². The van der Waals surface area contributed by atoms with Crippen LogP contribution in [0.5, 0.6) is 5.75 Å². The van der Waals surface area contributed by atoms with Crippen LogP contribution in [0.2, 0.25) is 0 Å². The van der Waals surface area contributed by atoms with E-state index in [4.69, 9.17) is 4.74 Å². The van der Waals surface area contributed by atoms with E-state index in [-0.39, 0.29) is 11.9 Å². The zero-order valence-corrected chi connectivity index (χ0v) is 18.8. The maximum atomic E-state index is 13.5. The molecule has 0 radical (unpaired) electrons. The van der Waals surface area contributed by atoms with Gasteiger partial charge in [0.25, 0.3) is 5.91 Å². The summed E-state index contributed by atoms with van der Waals surface area (Å²) in [6.45, 7) is 4.63. The first kappa shape index (κ1) is 20.8. The van der Waals surface area contributed by atoms with Crippen molar-refractivity contribution in [2.45, 2.75) is 26.4 Å². The highest BCUT2D eigenvalue weighted by molar-refractivity contribution is 6.11. The minimum absolute atomic E-state index is 0.205. The number of carbonyl (C=O) groups excluding carboxylic acids is 1. The molecule has 3 heterocycles. The molecule has 2 aromatic carbocycles. The van der Waals surface area contributed by atoms with Crippen LogP contribution in [-0.4, -0.2) is 32.1 Å². The first-order valence-electron chi connectivity index (χ1n) is 10.9. The van der Waals surface area contributed by atoms with Crippen molar-refractivity contribution in [2.24, 2.45) is 0 Å². The molecule has 7 nitrogen and oxygen atoms in total. The molecule has 0 saturated carbocycles. The summed E-state index contributed by atoms with van der Waals surface area (Å²) in [5.74, 6) is 0.993. The number of hydrogen-bond donors (Lipinski definition) is 1. The topological polar surface area (TPSA) is 74.0 Å². The Hall–Kier alpha value is -4.13. The molecular formula is C26H25N5O2. The molecule has 0 atom stereocenters. The second kappa shape index (κ2) is 8.43. The molecule has 0 unspecified atom stereocenters. The van der Waals surface area contributed by atoms with Gasteiger partial charge >= 0.3 is 0 Å². The van der Waals surface area contributed by atoms with Gasteiger partial charge < -0.3 is 14.6 Å². The lowest BCUT2D eigenvalue weighted by Gasteiger charge is -2.12. The minimum Gasteiger partial charge on any atom is -0.496 e. The lowest BCUT2D eigenvalue weighted by molar-refractivity contribution is 0.0944. The molecule has 0 aliphatic rings. The summed E-state index contributed by atoms with van der Waals surface area (Å²) in [5.41, 5.74) is 4.41. The van der Waals surface area contributed by atoms with Gasteiger partial charge in [-0.3, -0.25) is 9.36 Å². The molecule has 5 aromatic rings. The second-order valence-corrected chi connectivity index (χ2v) is 8.12. The Morgan fingerprint density at radius 1 is 1.00 bits per heavy atom. The van der Waals surface area contributed by atoms with Crippen molar-refractivity contribution < 1.29 is 9.53 Å². The molecule has 0 spiro atoms. The number of amides is 1. The highest BCUT2D eigenvalue weighted by Gasteiger charge is 2.24. The Morgan fingerprint density at radius 2 is 1.73 bits per heavy atom. The van der Waals surface area contributed by atoms with Crippen LogP contribution in [0, 0.1) is 0 Å². The lowest BCUT2D eigenvalue weighted by atomic mass is 10.2. The molecule has 7 heteroatoms. The molecule has 0 aliphatic heterocycles. The molecule has 3 aromatic heterocycles. The highest BCUT2D eigenvalue weighted by Crippen LogP contribution is 2.35. The van der Waals surface area contributed by atoms with Crippen LogP contribution in [0.4, 0.5) is 0 Å². The van der Waals surface area contributed by atoms with Crippen LogP contribution in [0.1, 0.15) is 35.9 Å². The number of nitrogens with zero attached hydrogens (tertiary/aromatic N) is 4. The minimum atomic E-state index is -0.205. The van der Waals surface area contributed by atoms with Crippen molar-refractivity contribution in [1.29, 1.82) is 0 Å². The molecule has 166 valence electrons. The Kier molecular flexibility index (Phi) is 5.30. The van der Waals surface area contributed by atoms with Gasteiger partial charge in [0.2, 0.25) is 5.95 Å². The van der Waals surface area contributed by atoms with Gasteiger partial charge in [-0.25, -0.2) is 9.97 Å². The zero-order valence-electron chi connectivity index (χ0n) is 18.8. The maximum Gasteiger partial charge on any atom is 0.268 e. The lowest BCUT2D eigenvalue weighted by Crippen LogP contribution is -2.25. The monoisotopic (exact) mass is 439 g/mol. The SMILES string of the molecule is COc1ccccc1CNC(=O)c1cc2c(c3ccccc3n2C(C)C)n1-c1ncccn1. The van der Waals surface area contributed by atoms with Gasteiger partial charge in [-0.2, -0.15) is 0 Å². The molecular weight excluding hydrogens is 414 g/mol. The summed E-state index contributed by atoms with van der Waals surface area (Å²) in [5, 5.41) is 4.10. The molecule has 0 fully saturated rings. The summed E-state index contributed by atoms with van der Waals surface area (Å²) < 4.78 is 9.53. The van der Waals surface area contributed by atoms with E-state index in [1.54, 1.807) is 25.6 Å². The van der Waals surface area contributed by atoms with E-state index in [1.165, 1.54) is 0 Å². The average molecular weight is 440 g/mol. The van der Waals surface area contributed by atoms with Crippen molar-refractivity contribution in [1.82, 2.24) is 24.4 Å². The summed E-state index contributed by atoms with van der Waals surface area (Å²) >= 11 is 0. The predicted octanol–water partition coefficient (Wildman–Crippen LogP) is 4.89. The summed E-state index contributed by atoms with van der Waals surface area (Å²) in [7, 11) is 1.63. The Morgan fingerprint density at radius 3 is 2.48 bits per heavy atom. The fourth-order valence-electron chi connectivity index (χ4n) is 4.41. The molecule has 1 N–H and O–H groups in total. The van der Waals surface area contributed by atoms with E-state index < -0.39 is 0 Å². The first-order chi connectivity index (χ1) is 16.1.